The Balaban J connectivity index is 2.32. The highest BCUT2D eigenvalue weighted by Gasteiger charge is 2.28. The summed E-state index contributed by atoms with van der Waals surface area (Å²) in [7, 11) is 0. The lowest BCUT2D eigenvalue weighted by molar-refractivity contribution is 0.393. The molecule has 1 aromatic rings. The predicted molar refractivity (Wildman–Crippen MR) is 64.8 cm³/mol. The van der Waals surface area contributed by atoms with Crippen molar-refractivity contribution >= 4 is 0 Å². The van der Waals surface area contributed by atoms with Crippen molar-refractivity contribution in [3.05, 3.63) is 34.9 Å². The first-order chi connectivity index (χ1) is 7.54. The van der Waals surface area contributed by atoms with E-state index < -0.39 is 5.41 Å². The lowest BCUT2D eigenvalue weighted by Gasteiger charge is -2.25. The van der Waals surface area contributed by atoms with E-state index in [0.717, 1.165) is 12.0 Å². The minimum atomic E-state index is -0.507. The van der Waals surface area contributed by atoms with Crippen LogP contribution in [0.25, 0.3) is 0 Å². The van der Waals surface area contributed by atoms with Gasteiger partial charge in [0.1, 0.15) is 0 Å². The molecule has 1 aliphatic rings. The SMILES string of the molecule is CC(C)(C#N)C(N)c1ccc2c(c1)CCC2. The first kappa shape index (κ1) is 11.2. The van der Waals surface area contributed by atoms with Gasteiger partial charge in [-0.25, -0.2) is 0 Å². The van der Waals surface area contributed by atoms with E-state index in [1.165, 1.54) is 24.0 Å². The van der Waals surface area contributed by atoms with Crippen LogP contribution in [-0.4, -0.2) is 0 Å². The van der Waals surface area contributed by atoms with Gasteiger partial charge < -0.3 is 5.73 Å². The van der Waals surface area contributed by atoms with E-state index in [1.807, 2.05) is 13.8 Å². The first-order valence-corrected chi connectivity index (χ1v) is 5.83. The molecule has 0 radical (unpaired) electrons. The second kappa shape index (κ2) is 3.92. The van der Waals surface area contributed by atoms with Gasteiger partial charge in [-0.05, 0) is 49.8 Å². The van der Waals surface area contributed by atoms with Crippen molar-refractivity contribution < 1.29 is 0 Å². The molecule has 0 spiro atoms. The molecule has 0 aromatic heterocycles. The number of nitrogens with zero attached hydrogens (tertiary/aromatic N) is 1. The third-order valence-corrected chi connectivity index (χ3v) is 3.55. The summed E-state index contributed by atoms with van der Waals surface area (Å²) in [6, 6.07) is 8.51. The maximum absolute atomic E-state index is 9.09. The molecule has 2 N–H and O–H groups in total. The molecule has 0 amide bonds. The van der Waals surface area contributed by atoms with E-state index in [0.29, 0.717) is 0 Å². The molecule has 1 aliphatic carbocycles. The van der Waals surface area contributed by atoms with Gasteiger partial charge in [-0.15, -0.1) is 0 Å². The maximum atomic E-state index is 9.09. The Morgan fingerprint density at radius 3 is 2.69 bits per heavy atom. The molecule has 2 heteroatoms. The van der Waals surface area contributed by atoms with Crippen LogP contribution in [-0.2, 0) is 12.8 Å². The third kappa shape index (κ3) is 1.83. The molecule has 0 heterocycles. The molecular weight excluding hydrogens is 196 g/mol. The summed E-state index contributed by atoms with van der Waals surface area (Å²) < 4.78 is 0. The highest BCUT2D eigenvalue weighted by Crippen LogP contribution is 2.33. The average molecular weight is 214 g/mol. The standard InChI is InChI=1S/C14H18N2/c1-14(2,9-15)13(16)12-7-6-10-4-3-5-11(10)8-12/h6-8,13H,3-5,16H2,1-2H3. The molecule has 16 heavy (non-hydrogen) atoms. The zero-order valence-corrected chi connectivity index (χ0v) is 9.96. The van der Waals surface area contributed by atoms with Crippen LogP contribution in [0.2, 0.25) is 0 Å². The zero-order valence-electron chi connectivity index (χ0n) is 9.96. The number of hydrogen-bond acceptors (Lipinski definition) is 2. The van der Waals surface area contributed by atoms with Crippen LogP contribution in [0.5, 0.6) is 0 Å². The summed E-state index contributed by atoms with van der Waals surface area (Å²) in [4.78, 5) is 0. The van der Waals surface area contributed by atoms with Gasteiger partial charge >= 0.3 is 0 Å². The van der Waals surface area contributed by atoms with Crippen LogP contribution >= 0.6 is 0 Å². The maximum Gasteiger partial charge on any atom is 0.0710 e. The monoisotopic (exact) mass is 214 g/mol. The minimum Gasteiger partial charge on any atom is -0.323 e. The van der Waals surface area contributed by atoms with Crippen LogP contribution < -0.4 is 5.73 Å². The second-order valence-corrected chi connectivity index (χ2v) is 5.19. The Labute approximate surface area is 97.1 Å². The van der Waals surface area contributed by atoms with E-state index >= 15 is 0 Å². The Bertz CT molecular complexity index is 441. The van der Waals surface area contributed by atoms with Gasteiger partial charge in [0.05, 0.1) is 11.5 Å². The number of hydrogen-bond donors (Lipinski definition) is 1. The summed E-state index contributed by atoms with van der Waals surface area (Å²) in [5.74, 6) is 0. The van der Waals surface area contributed by atoms with Crippen molar-refractivity contribution in [2.24, 2.45) is 11.1 Å². The summed E-state index contributed by atoms with van der Waals surface area (Å²) in [5, 5.41) is 9.09. The van der Waals surface area contributed by atoms with Crippen molar-refractivity contribution in [2.75, 3.05) is 0 Å². The second-order valence-electron chi connectivity index (χ2n) is 5.19. The average Bonchev–Trinajstić information content (AvgIpc) is 2.74. The number of rotatable bonds is 2. The van der Waals surface area contributed by atoms with Crippen LogP contribution in [0.3, 0.4) is 0 Å². The summed E-state index contributed by atoms with van der Waals surface area (Å²) in [5.41, 5.74) is 9.61. The van der Waals surface area contributed by atoms with Crippen molar-refractivity contribution in [3.8, 4) is 6.07 Å². The van der Waals surface area contributed by atoms with Gasteiger partial charge in [0.2, 0.25) is 0 Å². The molecule has 2 nitrogen and oxygen atoms in total. The Kier molecular flexibility index (Phi) is 2.73. The van der Waals surface area contributed by atoms with Crippen LogP contribution in [0.15, 0.2) is 18.2 Å². The van der Waals surface area contributed by atoms with Gasteiger partial charge in [0.15, 0.2) is 0 Å². The number of nitriles is 1. The van der Waals surface area contributed by atoms with Gasteiger partial charge in [-0.3, -0.25) is 0 Å². The fraction of sp³-hybridized carbons (Fsp3) is 0.500. The first-order valence-electron chi connectivity index (χ1n) is 5.83. The quantitative estimate of drug-likeness (QED) is 0.823. The number of nitrogens with two attached hydrogens (primary N) is 1. The summed E-state index contributed by atoms with van der Waals surface area (Å²) >= 11 is 0. The fourth-order valence-electron chi connectivity index (χ4n) is 2.27. The smallest absolute Gasteiger partial charge is 0.0710 e. The zero-order chi connectivity index (χ0) is 11.8. The topological polar surface area (TPSA) is 49.8 Å². The highest BCUT2D eigenvalue weighted by atomic mass is 14.7. The minimum absolute atomic E-state index is 0.205. The lowest BCUT2D eigenvalue weighted by atomic mass is 9.82. The lowest BCUT2D eigenvalue weighted by Crippen LogP contribution is -2.27. The molecule has 0 saturated carbocycles. The van der Waals surface area contributed by atoms with Gasteiger partial charge in [0, 0.05) is 6.04 Å². The van der Waals surface area contributed by atoms with Crippen LogP contribution in [0.1, 0.15) is 43.0 Å². The molecule has 0 bridgehead atoms. The molecule has 84 valence electrons. The van der Waals surface area contributed by atoms with Gasteiger partial charge in [-0.1, -0.05) is 18.2 Å². The molecule has 1 unspecified atom stereocenters. The Morgan fingerprint density at radius 2 is 2.00 bits per heavy atom. The number of benzene rings is 1. The van der Waals surface area contributed by atoms with E-state index in [-0.39, 0.29) is 6.04 Å². The van der Waals surface area contributed by atoms with E-state index in [2.05, 4.69) is 24.3 Å². The van der Waals surface area contributed by atoms with Crippen molar-refractivity contribution in [2.45, 2.75) is 39.2 Å². The Hall–Kier alpha value is -1.33. The molecule has 0 aliphatic heterocycles. The van der Waals surface area contributed by atoms with Crippen molar-refractivity contribution in [3.63, 3.8) is 0 Å². The number of aryl methyl sites for hydroxylation is 2. The fourth-order valence-corrected chi connectivity index (χ4v) is 2.27. The van der Waals surface area contributed by atoms with E-state index in [1.54, 1.807) is 0 Å². The molecule has 0 fully saturated rings. The number of fused-ring (bicyclic) bond motifs is 1. The molecule has 1 atom stereocenters. The largest absolute Gasteiger partial charge is 0.323 e. The summed E-state index contributed by atoms with van der Waals surface area (Å²) in [6.45, 7) is 3.79. The Morgan fingerprint density at radius 1 is 1.31 bits per heavy atom. The van der Waals surface area contributed by atoms with Gasteiger partial charge in [0.25, 0.3) is 0 Å². The molecule has 0 saturated heterocycles. The summed E-state index contributed by atoms with van der Waals surface area (Å²) in [6.07, 6.45) is 3.59. The van der Waals surface area contributed by atoms with Crippen LogP contribution in [0, 0.1) is 16.7 Å². The molecule has 1 aromatic carbocycles. The van der Waals surface area contributed by atoms with E-state index in [9.17, 15) is 0 Å². The molecular formula is C14H18N2. The van der Waals surface area contributed by atoms with Crippen molar-refractivity contribution in [1.29, 1.82) is 5.26 Å². The van der Waals surface area contributed by atoms with Crippen LogP contribution in [0.4, 0.5) is 0 Å². The highest BCUT2D eigenvalue weighted by molar-refractivity contribution is 5.37. The van der Waals surface area contributed by atoms with E-state index in [4.69, 9.17) is 11.0 Å². The predicted octanol–water partition coefficient (Wildman–Crippen LogP) is 2.72. The van der Waals surface area contributed by atoms with Crippen molar-refractivity contribution in [1.82, 2.24) is 0 Å². The normalized spacial score (nSPS) is 16.6. The molecule has 2 rings (SSSR count). The van der Waals surface area contributed by atoms with Gasteiger partial charge in [-0.2, -0.15) is 5.26 Å². The third-order valence-electron chi connectivity index (χ3n) is 3.55.